The summed E-state index contributed by atoms with van der Waals surface area (Å²) in [5, 5.41) is 2.74. The number of hydrogen-bond donors (Lipinski definition) is 1. The SMILES string of the molecule is CCOC(=O)CC1C(=O)NCCN1C(=O)C(C)(C)CCCOc1cc(C)ccc1C. The summed E-state index contributed by atoms with van der Waals surface area (Å²) >= 11 is 0. The van der Waals surface area contributed by atoms with Crippen LogP contribution in [-0.2, 0) is 19.1 Å². The van der Waals surface area contributed by atoms with Crippen molar-refractivity contribution in [2.45, 2.75) is 59.9 Å². The fraction of sp³-hybridized carbons (Fsp3) is 0.609. The summed E-state index contributed by atoms with van der Waals surface area (Å²) in [6.07, 6.45) is 1.19. The van der Waals surface area contributed by atoms with Crippen molar-refractivity contribution in [3.8, 4) is 5.75 Å². The molecule has 1 fully saturated rings. The van der Waals surface area contributed by atoms with Crippen molar-refractivity contribution in [1.29, 1.82) is 0 Å². The molecule has 1 heterocycles. The Hall–Kier alpha value is -2.57. The van der Waals surface area contributed by atoms with E-state index in [1.807, 2.05) is 45.9 Å². The molecule has 1 aliphatic heterocycles. The maximum atomic E-state index is 13.2. The summed E-state index contributed by atoms with van der Waals surface area (Å²) in [5.41, 5.74) is 1.55. The average molecular weight is 419 g/mol. The highest BCUT2D eigenvalue weighted by Gasteiger charge is 2.40. The van der Waals surface area contributed by atoms with E-state index >= 15 is 0 Å². The number of nitrogens with zero attached hydrogens (tertiary/aromatic N) is 1. The summed E-state index contributed by atoms with van der Waals surface area (Å²) in [5.74, 6) is -0.0477. The van der Waals surface area contributed by atoms with E-state index in [0.717, 1.165) is 16.9 Å². The van der Waals surface area contributed by atoms with Gasteiger partial charge in [0.1, 0.15) is 11.8 Å². The molecule has 1 aromatic carbocycles. The van der Waals surface area contributed by atoms with Crippen LogP contribution >= 0.6 is 0 Å². The lowest BCUT2D eigenvalue weighted by molar-refractivity contribution is -0.155. The lowest BCUT2D eigenvalue weighted by atomic mass is 9.85. The quantitative estimate of drug-likeness (QED) is 0.492. The Labute approximate surface area is 179 Å². The van der Waals surface area contributed by atoms with Crippen molar-refractivity contribution < 1.29 is 23.9 Å². The molecule has 2 amide bonds. The van der Waals surface area contributed by atoms with Gasteiger partial charge in [0.2, 0.25) is 11.8 Å². The first-order valence-electron chi connectivity index (χ1n) is 10.6. The molecule has 7 heteroatoms. The van der Waals surface area contributed by atoms with Crippen LogP contribution in [0.4, 0.5) is 0 Å². The highest BCUT2D eigenvalue weighted by molar-refractivity contribution is 5.93. The number of hydrogen-bond acceptors (Lipinski definition) is 5. The van der Waals surface area contributed by atoms with E-state index in [4.69, 9.17) is 9.47 Å². The van der Waals surface area contributed by atoms with Gasteiger partial charge in [0, 0.05) is 18.5 Å². The van der Waals surface area contributed by atoms with E-state index in [-0.39, 0.29) is 24.8 Å². The first kappa shape index (κ1) is 23.7. The minimum absolute atomic E-state index is 0.126. The van der Waals surface area contributed by atoms with Crippen LogP contribution in [0.15, 0.2) is 18.2 Å². The van der Waals surface area contributed by atoms with Gasteiger partial charge in [-0.1, -0.05) is 26.0 Å². The van der Waals surface area contributed by atoms with Crippen molar-refractivity contribution in [3.63, 3.8) is 0 Å². The molecule has 1 N–H and O–H groups in total. The molecular weight excluding hydrogens is 384 g/mol. The van der Waals surface area contributed by atoms with Crippen LogP contribution < -0.4 is 10.1 Å². The van der Waals surface area contributed by atoms with Gasteiger partial charge in [-0.2, -0.15) is 0 Å². The number of carbonyl (C=O) groups is 3. The van der Waals surface area contributed by atoms with Crippen LogP contribution in [0.1, 0.15) is 51.2 Å². The zero-order valence-corrected chi connectivity index (χ0v) is 18.7. The molecule has 1 unspecified atom stereocenters. The number of nitrogens with one attached hydrogen (secondary N) is 1. The molecule has 30 heavy (non-hydrogen) atoms. The maximum Gasteiger partial charge on any atom is 0.308 e. The molecule has 7 nitrogen and oxygen atoms in total. The van der Waals surface area contributed by atoms with Crippen molar-refractivity contribution >= 4 is 17.8 Å². The molecule has 1 aromatic rings. The van der Waals surface area contributed by atoms with E-state index in [9.17, 15) is 14.4 Å². The average Bonchev–Trinajstić information content (AvgIpc) is 2.69. The van der Waals surface area contributed by atoms with E-state index < -0.39 is 17.4 Å². The summed E-state index contributed by atoms with van der Waals surface area (Å²) < 4.78 is 10.9. The van der Waals surface area contributed by atoms with Crippen LogP contribution in [0, 0.1) is 19.3 Å². The van der Waals surface area contributed by atoms with Gasteiger partial charge >= 0.3 is 5.97 Å². The van der Waals surface area contributed by atoms with Crippen LogP contribution in [0.25, 0.3) is 0 Å². The number of carbonyl (C=O) groups excluding carboxylic acids is 3. The minimum Gasteiger partial charge on any atom is -0.493 e. The Kier molecular flexibility index (Phi) is 8.26. The Balaban J connectivity index is 1.95. The molecular formula is C23H34N2O5. The second-order valence-corrected chi connectivity index (χ2v) is 8.42. The predicted molar refractivity (Wildman–Crippen MR) is 114 cm³/mol. The Morgan fingerprint density at radius 1 is 1.27 bits per heavy atom. The smallest absolute Gasteiger partial charge is 0.308 e. The molecule has 0 spiro atoms. The van der Waals surface area contributed by atoms with Crippen molar-refractivity contribution in [1.82, 2.24) is 10.2 Å². The molecule has 0 bridgehead atoms. The minimum atomic E-state index is -0.823. The summed E-state index contributed by atoms with van der Waals surface area (Å²) in [6.45, 7) is 11.0. The largest absolute Gasteiger partial charge is 0.493 e. The number of benzene rings is 1. The molecule has 1 saturated heterocycles. The monoisotopic (exact) mass is 418 g/mol. The second kappa shape index (κ2) is 10.5. The molecule has 0 radical (unpaired) electrons. The van der Waals surface area contributed by atoms with Gasteiger partial charge in [0.05, 0.1) is 19.6 Å². The highest BCUT2D eigenvalue weighted by Crippen LogP contribution is 2.28. The molecule has 2 rings (SSSR count). The zero-order valence-electron chi connectivity index (χ0n) is 18.7. The maximum absolute atomic E-state index is 13.2. The van der Waals surface area contributed by atoms with E-state index in [0.29, 0.717) is 32.5 Å². The lowest BCUT2D eigenvalue weighted by Gasteiger charge is -2.39. The lowest BCUT2D eigenvalue weighted by Crippen LogP contribution is -2.60. The van der Waals surface area contributed by atoms with E-state index in [1.165, 1.54) is 4.90 Å². The topological polar surface area (TPSA) is 84.9 Å². The molecule has 1 atom stereocenters. The highest BCUT2D eigenvalue weighted by atomic mass is 16.5. The van der Waals surface area contributed by atoms with E-state index in [1.54, 1.807) is 6.92 Å². The summed E-state index contributed by atoms with van der Waals surface area (Å²) in [6, 6.07) is 5.27. The van der Waals surface area contributed by atoms with Gasteiger partial charge in [-0.05, 0) is 50.8 Å². The van der Waals surface area contributed by atoms with Gasteiger partial charge in [-0.3, -0.25) is 14.4 Å². The third kappa shape index (κ3) is 6.21. The number of ether oxygens (including phenoxy) is 2. The second-order valence-electron chi connectivity index (χ2n) is 8.42. The van der Waals surface area contributed by atoms with Crippen LogP contribution in [0.5, 0.6) is 5.75 Å². The number of piperazine rings is 1. The van der Waals surface area contributed by atoms with Gasteiger partial charge in [-0.25, -0.2) is 0 Å². The first-order valence-corrected chi connectivity index (χ1v) is 10.6. The van der Waals surface area contributed by atoms with Gasteiger partial charge in [-0.15, -0.1) is 0 Å². The van der Waals surface area contributed by atoms with Gasteiger partial charge in [0.15, 0.2) is 0 Å². The standard InChI is InChI=1S/C23H34N2O5/c1-6-29-20(26)15-18-21(27)24-11-12-25(18)22(28)23(4,5)10-7-13-30-19-14-16(2)8-9-17(19)3/h8-9,14,18H,6-7,10-13,15H2,1-5H3,(H,24,27). The number of aryl methyl sites for hydroxylation is 2. The van der Waals surface area contributed by atoms with Gasteiger partial charge < -0.3 is 19.7 Å². The number of rotatable bonds is 9. The first-order chi connectivity index (χ1) is 14.2. The fourth-order valence-corrected chi connectivity index (χ4v) is 3.59. The molecule has 0 aliphatic carbocycles. The zero-order chi connectivity index (χ0) is 22.3. The normalized spacial score (nSPS) is 16.8. The Morgan fingerprint density at radius 3 is 2.70 bits per heavy atom. The molecule has 1 aliphatic rings. The molecule has 0 saturated carbocycles. The van der Waals surface area contributed by atoms with Crippen LogP contribution in [0.3, 0.4) is 0 Å². The third-order valence-electron chi connectivity index (χ3n) is 5.38. The van der Waals surface area contributed by atoms with Crippen LogP contribution in [0.2, 0.25) is 0 Å². The third-order valence-corrected chi connectivity index (χ3v) is 5.38. The van der Waals surface area contributed by atoms with Crippen molar-refractivity contribution in [2.24, 2.45) is 5.41 Å². The fourth-order valence-electron chi connectivity index (χ4n) is 3.59. The van der Waals surface area contributed by atoms with Crippen molar-refractivity contribution in [2.75, 3.05) is 26.3 Å². The summed E-state index contributed by atoms with van der Waals surface area (Å²) in [7, 11) is 0. The predicted octanol–water partition coefficient (Wildman–Crippen LogP) is 2.77. The number of amides is 2. The Morgan fingerprint density at radius 2 is 2.00 bits per heavy atom. The summed E-state index contributed by atoms with van der Waals surface area (Å²) in [4.78, 5) is 39.0. The molecule has 0 aromatic heterocycles. The Bertz CT molecular complexity index is 775. The van der Waals surface area contributed by atoms with Crippen molar-refractivity contribution in [3.05, 3.63) is 29.3 Å². The number of esters is 1. The molecule has 166 valence electrons. The van der Waals surface area contributed by atoms with E-state index in [2.05, 4.69) is 5.32 Å². The van der Waals surface area contributed by atoms with Crippen LogP contribution in [-0.4, -0.2) is 55.0 Å². The van der Waals surface area contributed by atoms with Gasteiger partial charge in [0.25, 0.3) is 0 Å².